The number of sulfonamides is 1. The van der Waals surface area contributed by atoms with Crippen molar-refractivity contribution < 1.29 is 8.42 Å². The topological polar surface area (TPSA) is 82.8 Å². The van der Waals surface area contributed by atoms with Gasteiger partial charge >= 0.3 is 0 Å². The molecule has 0 saturated heterocycles. The summed E-state index contributed by atoms with van der Waals surface area (Å²) in [5, 5.41) is 9.31. The van der Waals surface area contributed by atoms with Gasteiger partial charge < -0.3 is 0 Å². The molecule has 2 heterocycles. The largest absolute Gasteiger partial charge is 0.269 e. The number of nitrogens with zero attached hydrogens (tertiary/aromatic N) is 2. The second-order valence-electron chi connectivity index (χ2n) is 4.15. The fraction of sp³-hybridized carbons (Fsp3) is 0.167. The number of nitriles is 1. The SMILES string of the molecule is Cc1sc(NS(=O)(=O)c2cc(Br)cnc2Cl)c(C#N)c1C. The van der Waals surface area contributed by atoms with Crippen molar-refractivity contribution in [1.82, 2.24) is 4.98 Å². The predicted molar refractivity (Wildman–Crippen MR) is 86.3 cm³/mol. The van der Waals surface area contributed by atoms with E-state index in [1.54, 1.807) is 6.92 Å². The zero-order valence-corrected chi connectivity index (χ0v) is 14.9. The van der Waals surface area contributed by atoms with Crippen LogP contribution in [-0.2, 0) is 10.0 Å². The highest BCUT2D eigenvalue weighted by Crippen LogP contribution is 2.34. The first-order valence-electron chi connectivity index (χ1n) is 5.60. The molecule has 0 saturated carbocycles. The molecule has 0 amide bonds. The van der Waals surface area contributed by atoms with Gasteiger partial charge in [-0.15, -0.1) is 11.3 Å². The van der Waals surface area contributed by atoms with Crippen LogP contribution in [0.5, 0.6) is 0 Å². The molecule has 5 nitrogen and oxygen atoms in total. The lowest BCUT2D eigenvalue weighted by Gasteiger charge is -2.08. The maximum Gasteiger partial charge on any atom is 0.265 e. The highest BCUT2D eigenvalue weighted by molar-refractivity contribution is 9.10. The van der Waals surface area contributed by atoms with Crippen LogP contribution in [0.1, 0.15) is 16.0 Å². The number of nitrogens with one attached hydrogen (secondary N) is 1. The Labute approximate surface area is 139 Å². The first-order chi connectivity index (χ1) is 9.76. The summed E-state index contributed by atoms with van der Waals surface area (Å²) in [5.74, 6) is 0. The Hall–Kier alpha value is -1.14. The molecule has 9 heteroatoms. The van der Waals surface area contributed by atoms with Crippen molar-refractivity contribution in [2.45, 2.75) is 18.7 Å². The van der Waals surface area contributed by atoms with Crippen molar-refractivity contribution in [3.8, 4) is 6.07 Å². The van der Waals surface area contributed by atoms with E-state index in [-0.39, 0.29) is 15.0 Å². The van der Waals surface area contributed by atoms with Gasteiger partial charge in [0, 0.05) is 15.5 Å². The maximum absolute atomic E-state index is 12.4. The van der Waals surface area contributed by atoms with Crippen LogP contribution in [0.2, 0.25) is 5.15 Å². The lowest BCUT2D eigenvalue weighted by molar-refractivity contribution is 0.601. The third-order valence-electron chi connectivity index (χ3n) is 2.79. The highest BCUT2D eigenvalue weighted by atomic mass is 79.9. The van der Waals surface area contributed by atoms with Gasteiger partial charge in [0.1, 0.15) is 21.1 Å². The van der Waals surface area contributed by atoms with Gasteiger partial charge in [0.05, 0.1) is 5.56 Å². The fourth-order valence-corrected chi connectivity index (χ4v) is 4.86. The fourth-order valence-electron chi connectivity index (χ4n) is 1.60. The molecule has 2 aromatic heterocycles. The number of rotatable bonds is 3. The Morgan fingerprint density at radius 1 is 1.48 bits per heavy atom. The molecular weight excluding hydrogens is 398 g/mol. The average Bonchev–Trinajstić information content (AvgIpc) is 2.66. The van der Waals surface area contributed by atoms with E-state index in [0.717, 1.165) is 10.4 Å². The summed E-state index contributed by atoms with van der Waals surface area (Å²) in [7, 11) is -3.92. The minimum absolute atomic E-state index is 0.130. The molecule has 1 N–H and O–H groups in total. The molecule has 0 aliphatic rings. The van der Waals surface area contributed by atoms with Crippen molar-refractivity contribution in [2.24, 2.45) is 0 Å². The van der Waals surface area contributed by atoms with Crippen LogP contribution in [0.3, 0.4) is 0 Å². The monoisotopic (exact) mass is 405 g/mol. The quantitative estimate of drug-likeness (QED) is 0.785. The molecule has 0 radical (unpaired) electrons. The van der Waals surface area contributed by atoms with Crippen molar-refractivity contribution in [1.29, 1.82) is 5.26 Å². The molecule has 2 rings (SSSR count). The Balaban J connectivity index is 2.50. The Morgan fingerprint density at radius 2 is 2.14 bits per heavy atom. The molecule has 21 heavy (non-hydrogen) atoms. The summed E-state index contributed by atoms with van der Waals surface area (Å²) >= 11 is 10.2. The summed E-state index contributed by atoms with van der Waals surface area (Å²) < 4.78 is 27.7. The maximum atomic E-state index is 12.4. The van der Waals surface area contributed by atoms with E-state index in [2.05, 4.69) is 25.6 Å². The van der Waals surface area contributed by atoms with E-state index >= 15 is 0 Å². The van der Waals surface area contributed by atoms with Gasteiger partial charge in [0.15, 0.2) is 0 Å². The number of halogens is 2. The Kier molecular flexibility index (Phi) is 4.58. The van der Waals surface area contributed by atoms with Crippen molar-refractivity contribution in [3.63, 3.8) is 0 Å². The van der Waals surface area contributed by atoms with Gasteiger partial charge in [-0.05, 0) is 41.4 Å². The minimum atomic E-state index is -3.92. The third-order valence-corrected chi connectivity index (χ3v) is 6.25. The number of hydrogen-bond acceptors (Lipinski definition) is 5. The number of thiophene rings is 1. The number of aromatic nitrogens is 1. The van der Waals surface area contributed by atoms with Gasteiger partial charge in [-0.2, -0.15) is 5.26 Å². The second kappa shape index (κ2) is 5.93. The number of hydrogen-bond donors (Lipinski definition) is 1. The van der Waals surface area contributed by atoms with Gasteiger partial charge in [-0.25, -0.2) is 13.4 Å². The van der Waals surface area contributed by atoms with Gasteiger partial charge in [0.25, 0.3) is 10.0 Å². The van der Waals surface area contributed by atoms with E-state index in [9.17, 15) is 8.42 Å². The molecule has 2 aromatic rings. The first-order valence-corrected chi connectivity index (χ1v) is 9.07. The standard InChI is InChI=1S/C12H9BrClN3O2S2/c1-6-7(2)20-12(9(6)4-15)17-21(18,19)10-3-8(13)5-16-11(10)14/h3,5,17H,1-2H3. The van der Waals surface area contributed by atoms with Crippen molar-refractivity contribution >= 4 is 53.9 Å². The molecule has 0 atom stereocenters. The van der Waals surface area contributed by atoms with E-state index in [1.807, 2.05) is 13.0 Å². The minimum Gasteiger partial charge on any atom is -0.269 e. The number of pyridine rings is 1. The molecular formula is C12H9BrClN3O2S2. The molecule has 0 aliphatic heterocycles. The van der Waals surface area contributed by atoms with Crippen LogP contribution in [0.25, 0.3) is 0 Å². The summed E-state index contributed by atoms with van der Waals surface area (Å²) in [4.78, 5) is 4.52. The number of aryl methyl sites for hydroxylation is 1. The Morgan fingerprint density at radius 3 is 2.76 bits per heavy atom. The van der Waals surface area contributed by atoms with E-state index in [1.165, 1.54) is 23.6 Å². The van der Waals surface area contributed by atoms with E-state index < -0.39 is 10.0 Å². The van der Waals surface area contributed by atoms with Crippen LogP contribution in [0, 0.1) is 25.2 Å². The van der Waals surface area contributed by atoms with Crippen LogP contribution in [0.15, 0.2) is 21.6 Å². The summed E-state index contributed by atoms with van der Waals surface area (Å²) in [6.45, 7) is 3.60. The lowest BCUT2D eigenvalue weighted by atomic mass is 10.2. The summed E-state index contributed by atoms with van der Waals surface area (Å²) in [5.41, 5.74) is 1.08. The molecule has 0 unspecified atom stereocenters. The first kappa shape index (κ1) is 16.2. The lowest BCUT2D eigenvalue weighted by Crippen LogP contribution is -2.14. The average molecular weight is 407 g/mol. The van der Waals surface area contributed by atoms with E-state index in [0.29, 0.717) is 10.0 Å². The normalized spacial score (nSPS) is 11.2. The van der Waals surface area contributed by atoms with Crippen molar-refractivity contribution in [2.75, 3.05) is 4.72 Å². The second-order valence-corrected chi connectivity index (χ2v) is 8.30. The van der Waals surface area contributed by atoms with Gasteiger partial charge in [-0.1, -0.05) is 11.6 Å². The summed E-state index contributed by atoms with van der Waals surface area (Å²) in [6.07, 6.45) is 1.40. The number of anilines is 1. The predicted octanol–water partition coefficient (Wildman–Crippen LogP) is 3.85. The van der Waals surface area contributed by atoms with Crippen LogP contribution in [-0.4, -0.2) is 13.4 Å². The van der Waals surface area contributed by atoms with Crippen LogP contribution in [0.4, 0.5) is 5.00 Å². The molecule has 0 aliphatic carbocycles. The molecule has 0 bridgehead atoms. The Bertz CT molecular complexity index is 856. The highest BCUT2D eigenvalue weighted by Gasteiger charge is 2.23. The molecule has 0 aromatic carbocycles. The summed E-state index contributed by atoms with van der Waals surface area (Å²) in [6, 6.07) is 3.37. The molecule has 0 spiro atoms. The molecule has 110 valence electrons. The smallest absolute Gasteiger partial charge is 0.265 e. The molecule has 0 fully saturated rings. The van der Waals surface area contributed by atoms with Gasteiger partial charge in [-0.3, -0.25) is 4.72 Å². The van der Waals surface area contributed by atoms with Crippen molar-refractivity contribution in [3.05, 3.63) is 37.9 Å². The zero-order chi connectivity index (χ0) is 15.8. The van der Waals surface area contributed by atoms with E-state index in [4.69, 9.17) is 16.9 Å². The third kappa shape index (κ3) is 3.21. The van der Waals surface area contributed by atoms with Crippen LogP contribution < -0.4 is 4.72 Å². The zero-order valence-electron chi connectivity index (χ0n) is 10.9. The van der Waals surface area contributed by atoms with Crippen LogP contribution >= 0.6 is 38.9 Å². The van der Waals surface area contributed by atoms with Gasteiger partial charge in [0.2, 0.25) is 0 Å².